The molecule has 15 heteroatoms. The monoisotopic (exact) mass is 623 g/mol. The Hall–Kier alpha value is -5.06. The normalized spacial score (nSPS) is 13.5. The number of aldehydes is 1. The highest BCUT2D eigenvalue weighted by Crippen LogP contribution is 2.12. The summed E-state index contributed by atoms with van der Waals surface area (Å²) in [6.07, 6.45) is -1.63. The predicted octanol–water partition coefficient (Wildman–Crippen LogP) is -0.936. The Morgan fingerprint density at radius 1 is 1.02 bits per heavy atom. The molecule has 0 radical (unpaired) electrons. The average Bonchev–Trinajstić information content (AvgIpc) is 3.07. The lowest BCUT2D eigenvalue weighted by Gasteiger charge is -2.23. The van der Waals surface area contributed by atoms with Crippen molar-refractivity contribution < 1.29 is 44.7 Å². The summed E-state index contributed by atoms with van der Waals surface area (Å²) in [7, 11) is 1.58. The number of methoxy groups -OCH3 is 1. The molecule has 0 spiro atoms. The summed E-state index contributed by atoms with van der Waals surface area (Å²) in [5.41, 5.74) is 7.01. The number of carbonyl (C=O) groups is 3. The number of aliphatic hydroxyl groups excluding tert-OH is 4. The van der Waals surface area contributed by atoms with Gasteiger partial charge in [-0.1, -0.05) is 24.3 Å². The van der Waals surface area contributed by atoms with Gasteiger partial charge in [0, 0.05) is 6.54 Å². The molecule has 4 aromatic rings. The van der Waals surface area contributed by atoms with Crippen LogP contribution in [0, 0.1) is 0 Å². The van der Waals surface area contributed by atoms with Gasteiger partial charge < -0.3 is 46.1 Å². The summed E-state index contributed by atoms with van der Waals surface area (Å²) in [6.45, 7) is -0.195. The van der Waals surface area contributed by atoms with Gasteiger partial charge in [-0.2, -0.15) is 0 Å². The molecule has 2 heterocycles. The van der Waals surface area contributed by atoms with Crippen LogP contribution in [0.2, 0.25) is 0 Å². The van der Waals surface area contributed by atoms with Crippen LogP contribution in [0.5, 0.6) is 5.75 Å². The first-order valence-electron chi connectivity index (χ1n) is 13.4. The number of aromatic carboxylic acids is 1. The van der Waals surface area contributed by atoms with E-state index in [9.17, 15) is 19.2 Å². The molecule has 45 heavy (non-hydrogen) atoms. The van der Waals surface area contributed by atoms with Crippen molar-refractivity contribution in [3.8, 4) is 5.75 Å². The van der Waals surface area contributed by atoms with E-state index < -0.39 is 42.8 Å². The second kappa shape index (κ2) is 16.1. The lowest BCUT2D eigenvalue weighted by Crippen LogP contribution is -2.49. The van der Waals surface area contributed by atoms with Crippen molar-refractivity contribution in [2.75, 3.05) is 13.7 Å². The molecule has 0 fully saturated rings. The number of carboxylic acid groups (broad SMARTS) is 1. The number of pyridine rings is 1. The number of benzene rings is 2. The Morgan fingerprint density at radius 3 is 2.24 bits per heavy atom. The van der Waals surface area contributed by atoms with Crippen LogP contribution in [-0.4, -0.2) is 96.3 Å². The van der Waals surface area contributed by atoms with E-state index in [0.717, 1.165) is 16.9 Å². The molecule has 4 rings (SSSR count). The fraction of sp³-hybridized carbons (Fsp3) is 0.267. The predicted molar refractivity (Wildman–Crippen MR) is 160 cm³/mol. The molecule has 0 aliphatic heterocycles. The number of ether oxygens (including phenoxy) is 1. The van der Waals surface area contributed by atoms with Crippen LogP contribution in [0.1, 0.15) is 32.0 Å². The Balaban J connectivity index is 0.000000392. The van der Waals surface area contributed by atoms with Crippen LogP contribution in [0.4, 0.5) is 0 Å². The van der Waals surface area contributed by atoms with E-state index in [1.54, 1.807) is 31.4 Å². The number of rotatable bonds is 12. The van der Waals surface area contributed by atoms with Crippen LogP contribution in [-0.2, 0) is 17.9 Å². The highest BCUT2D eigenvalue weighted by atomic mass is 16.5. The Bertz CT molecular complexity index is 1660. The number of aliphatic hydroxyl groups is 4. The topological polar surface area (TPSA) is 247 Å². The zero-order chi connectivity index (χ0) is 33.1. The number of nitrogens with zero attached hydrogens (tertiary/aromatic N) is 3. The van der Waals surface area contributed by atoms with E-state index in [2.05, 4.69) is 15.3 Å². The summed E-state index contributed by atoms with van der Waals surface area (Å²) >= 11 is 0. The minimum absolute atomic E-state index is 0.110. The van der Waals surface area contributed by atoms with Crippen LogP contribution < -0.4 is 21.3 Å². The van der Waals surface area contributed by atoms with Crippen molar-refractivity contribution in [1.29, 1.82) is 0 Å². The van der Waals surface area contributed by atoms with Crippen molar-refractivity contribution in [3.05, 3.63) is 99.9 Å². The molecular weight excluding hydrogens is 590 g/mol. The molecule has 0 aliphatic carbocycles. The maximum absolute atomic E-state index is 13.0. The van der Waals surface area contributed by atoms with Crippen LogP contribution in [0.15, 0.2) is 71.9 Å². The number of aromatic nitrogens is 3. The molecule has 0 saturated heterocycles. The highest BCUT2D eigenvalue weighted by molar-refractivity contribution is 5.95. The SMILES string of the molecule is COc1ccc(CNC(=O)c2cc3c(=O)n(Cc4ccc(C(=O)O)cc4)cnc3cn2)cc1.N[C@@H](C=O)[C@@H](O)[C@H](O)[C@H](O)CO. The van der Waals surface area contributed by atoms with Gasteiger partial charge in [0.25, 0.3) is 11.5 Å². The number of hydrogen-bond acceptors (Lipinski definition) is 12. The number of fused-ring (bicyclic) bond motifs is 1. The van der Waals surface area contributed by atoms with E-state index >= 15 is 0 Å². The summed E-state index contributed by atoms with van der Waals surface area (Å²) in [4.78, 5) is 55.0. The molecule has 15 nitrogen and oxygen atoms in total. The highest BCUT2D eigenvalue weighted by Gasteiger charge is 2.28. The van der Waals surface area contributed by atoms with Gasteiger partial charge in [-0.3, -0.25) is 14.2 Å². The molecule has 4 atom stereocenters. The fourth-order valence-corrected chi connectivity index (χ4v) is 3.91. The first-order chi connectivity index (χ1) is 21.5. The zero-order valence-corrected chi connectivity index (χ0v) is 24.1. The van der Waals surface area contributed by atoms with E-state index in [0.29, 0.717) is 12.1 Å². The van der Waals surface area contributed by atoms with Gasteiger partial charge in [0.15, 0.2) is 0 Å². The van der Waals surface area contributed by atoms with Crippen molar-refractivity contribution in [1.82, 2.24) is 19.9 Å². The number of nitrogens with one attached hydrogen (secondary N) is 1. The Morgan fingerprint density at radius 2 is 1.67 bits per heavy atom. The van der Waals surface area contributed by atoms with Crippen LogP contribution in [0.25, 0.3) is 10.9 Å². The molecule has 0 unspecified atom stereocenters. The molecule has 2 aromatic carbocycles. The summed E-state index contributed by atoms with van der Waals surface area (Å²) in [5, 5.41) is 47.2. The fourth-order valence-electron chi connectivity index (χ4n) is 3.91. The Kier molecular flexibility index (Phi) is 12.3. The molecule has 0 saturated carbocycles. The zero-order valence-electron chi connectivity index (χ0n) is 24.1. The first kappa shape index (κ1) is 34.4. The third-order valence-electron chi connectivity index (χ3n) is 6.59. The third-order valence-corrected chi connectivity index (χ3v) is 6.59. The van der Waals surface area contributed by atoms with Crippen LogP contribution >= 0.6 is 0 Å². The third kappa shape index (κ3) is 9.21. The van der Waals surface area contributed by atoms with Gasteiger partial charge >= 0.3 is 5.97 Å². The Labute approximate surface area is 256 Å². The molecule has 0 bridgehead atoms. The summed E-state index contributed by atoms with van der Waals surface area (Å²) in [5.74, 6) is -0.703. The first-order valence-corrected chi connectivity index (χ1v) is 13.4. The molecule has 238 valence electrons. The van der Waals surface area contributed by atoms with Crippen LogP contribution in [0.3, 0.4) is 0 Å². The maximum atomic E-state index is 13.0. The standard InChI is InChI=1S/C24H20N4O5.C6H13NO5/c1-33-18-8-4-15(5-9-18)11-26-22(29)20-10-19-21(12-25-20)27-14-28(23(19)30)13-16-2-6-17(7-3-16)24(31)32;7-3(1-8)5(11)6(12)4(10)2-9/h2-10,12,14H,11,13H2,1H3,(H,26,29)(H,31,32);1,3-6,9-12H,2,7H2/t;3-,4+,5+,6+/m.0/s1. The lowest BCUT2D eigenvalue weighted by molar-refractivity contribution is -0.118. The smallest absolute Gasteiger partial charge is 0.335 e. The van der Waals surface area contributed by atoms with Gasteiger partial charge in [-0.05, 0) is 41.5 Å². The van der Waals surface area contributed by atoms with E-state index in [1.165, 1.54) is 35.3 Å². The van der Waals surface area contributed by atoms with Crippen molar-refractivity contribution >= 4 is 29.1 Å². The molecule has 8 N–H and O–H groups in total. The van der Waals surface area contributed by atoms with E-state index in [4.69, 9.17) is 36.0 Å². The molecule has 0 aliphatic rings. The second-order valence-corrected chi connectivity index (χ2v) is 9.74. The number of amides is 1. The summed E-state index contributed by atoms with van der Waals surface area (Å²) in [6, 6.07) is 13.7. The van der Waals surface area contributed by atoms with Crippen molar-refractivity contribution in [3.63, 3.8) is 0 Å². The number of carboxylic acids is 1. The molecule has 1 amide bonds. The average molecular weight is 624 g/mol. The lowest BCUT2D eigenvalue weighted by atomic mass is 10.0. The molecular formula is C30H33N5O10. The second-order valence-electron chi connectivity index (χ2n) is 9.74. The van der Waals surface area contributed by atoms with Gasteiger partial charge in [0.05, 0.1) is 55.3 Å². The van der Waals surface area contributed by atoms with Gasteiger partial charge in [0.2, 0.25) is 0 Å². The van der Waals surface area contributed by atoms with E-state index in [-0.39, 0.29) is 35.0 Å². The van der Waals surface area contributed by atoms with Gasteiger partial charge in [-0.15, -0.1) is 0 Å². The van der Waals surface area contributed by atoms with Crippen molar-refractivity contribution in [2.24, 2.45) is 5.73 Å². The largest absolute Gasteiger partial charge is 0.497 e. The maximum Gasteiger partial charge on any atom is 0.335 e. The minimum atomic E-state index is -1.62. The van der Waals surface area contributed by atoms with E-state index in [1.807, 2.05) is 12.1 Å². The van der Waals surface area contributed by atoms with Gasteiger partial charge in [0.1, 0.15) is 36.0 Å². The summed E-state index contributed by atoms with van der Waals surface area (Å²) < 4.78 is 6.52. The molecule has 2 aromatic heterocycles. The number of carbonyl (C=O) groups excluding carboxylic acids is 2. The minimum Gasteiger partial charge on any atom is -0.497 e. The van der Waals surface area contributed by atoms with Gasteiger partial charge in [-0.25, -0.2) is 14.8 Å². The number of hydrogen-bond donors (Lipinski definition) is 7. The quantitative estimate of drug-likeness (QED) is 0.0943. The van der Waals surface area contributed by atoms with Crippen molar-refractivity contribution in [2.45, 2.75) is 37.4 Å². The number of nitrogens with two attached hydrogens (primary N) is 1.